The van der Waals surface area contributed by atoms with Gasteiger partial charge in [-0.15, -0.1) is 0 Å². The largest absolute Gasteiger partial charge is 0.464 e. The van der Waals surface area contributed by atoms with Gasteiger partial charge in [-0.05, 0) is 57.9 Å². The quantitative estimate of drug-likeness (QED) is 0.870. The fourth-order valence-electron chi connectivity index (χ4n) is 3.19. The number of nitrogens with one attached hydrogen (secondary N) is 1. The summed E-state index contributed by atoms with van der Waals surface area (Å²) >= 11 is 0. The van der Waals surface area contributed by atoms with Crippen LogP contribution in [0.15, 0.2) is 41.0 Å². The van der Waals surface area contributed by atoms with Crippen molar-refractivity contribution < 1.29 is 18.3 Å². The van der Waals surface area contributed by atoms with E-state index < -0.39 is 11.7 Å². The minimum absolute atomic E-state index is 0.0277. The maximum atomic E-state index is 14.5. The van der Waals surface area contributed by atoms with Gasteiger partial charge in [0.25, 0.3) is 0 Å². The van der Waals surface area contributed by atoms with Crippen LogP contribution in [0.5, 0.6) is 0 Å². The van der Waals surface area contributed by atoms with E-state index in [9.17, 15) is 9.18 Å². The van der Waals surface area contributed by atoms with Crippen LogP contribution >= 0.6 is 0 Å². The number of alkyl carbamates (subject to hydrolysis) is 1. The zero-order chi connectivity index (χ0) is 18.7. The Bertz CT molecular complexity index is 745. The summed E-state index contributed by atoms with van der Waals surface area (Å²) in [6.07, 6.45) is 2.63. The van der Waals surface area contributed by atoms with Crippen molar-refractivity contribution in [2.75, 3.05) is 18.0 Å². The summed E-state index contributed by atoms with van der Waals surface area (Å²) in [6.45, 7) is 6.81. The molecular formula is C20H25FN2O3. The van der Waals surface area contributed by atoms with Crippen molar-refractivity contribution in [3.8, 4) is 11.3 Å². The molecule has 3 rings (SSSR count). The van der Waals surface area contributed by atoms with Gasteiger partial charge in [0.2, 0.25) is 0 Å². The van der Waals surface area contributed by atoms with E-state index in [0.717, 1.165) is 18.4 Å². The molecule has 0 atom stereocenters. The highest BCUT2D eigenvalue weighted by molar-refractivity contribution is 5.76. The zero-order valence-corrected chi connectivity index (χ0v) is 15.4. The lowest BCUT2D eigenvalue weighted by molar-refractivity contribution is 0.0497. The van der Waals surface area contributed by atoms with Gasteiger partial charge in [-0.2, -0.15) is 0 Å². The first-order valence-electron chi connectivity index (χ1n) is 8.90. The van der Waals surface area contributed by atoms with Gasteiger partial charge in [-0.25, -0.2) is 9.18 Å². The zero-order valence-electron chi connectivity index (χ0n) is 15.4. The number of hydrogen-bond acceptors (Lipinski definition) is 4. The number of piperidine rings is 1. The Morgan fingerprint density at radius 1 is 1.23 bits per heavy atom. The Labute approximate surface area is 153 Å². The molecule has 1 amide bonds. The molecule has 0 aliphatic carbocycles. The molecule has 1 aliphatic rings. The number of furan rings is 1. The van der Waals surface area contributed by atoms with Gasteiger partial charge < -0.3 is 19.4 Å². The number of para-hydroxylation sites is 1. The van der Waals surface area contributed by atoms with Crippen molar-refractivity contribution in [1.82, 2.24) is 5.32 Å². The van der Waals surface area contributed by atoms with Crippen LogP contribution < -0.4 is 10.2 Å². The molecule has 1 aliphatic heterocycles. The third kappa shape index (κ3) is 4.36. The van der Waals surface area contributed by atoms with Crippen molar-refractivity contribution in [3.05, 3.63) is 42.4 Å². The third-order valence-electron chi connectivity index (χ3n) is 4.31. The van der Waals surface area contributed by atoms with Crippen LogP contribution in [-0.4, -0.2) is 30.8 Å². The van der Waals surface area contributed by atoms with Gasteiger partial charge in [0, 0.05) is 24.7 Å². The van der Waals surface area contributed by atoms with Crippen LogP contribution in [0.3, 0.4) is 0 Å². The normalized spacial score (nSPS) is 15.8. The monoisotopic (exact) mass is 360 g/mol. The fourth-order valence-corrected chi connectivity index (χ4v) is 3.19. The van der Waals surface area contributed by atoms with Gasteiger partial charge in [0.05, 0.1) is 12.0 Å². The molecule has 1 aromatic carbocycles. The number of amides is 1. The Kier molecular flexibility index (Phi) is 5.20. The SMILES string of the molecule is CC(C)(C)OC(=O)NC1CCN(c2c(F)cccc2-c2ccco2)CC1. The van der Waals surface area contributed by atoms with Gasteiger partial charge in [-0.1, -0.05) is 6.07 Å². The van der Waals surface area contributed by atoms with E-state index in [-0.39, 0.29) is 11.9 Å². The standard InChI is InChI=1S/C20H25FN2O3/c1-20(2,3)26-19(24)22-14-9-11-23(12-10-14)18-15(6-4-7-16(18)21)17-8-5-13-25-17/h4-8,13-14H,9-12H2,1-3H3,(H,22,24). The number of nitrogens with zero attached hydrogens (tertiary/aromatic N) is 1. The number of carbonyl (C=O) groups is 1. The highest BCUT2D eigenvalue weighted by Crippen LogP contribution is 2.35. The van der Waals surface area contributed by atoms with Crippen molar-refractivity contribution in [3.63, 3.8) is 0 Å². The van der Waals surface area contributed by atoms with Gasteiger partial charge in [0.15, 0.2) is 0 Å². The predicted octanol–water partition coefficient (Wildman–Crippen LogP) is 4.58. The minimum atomic E-state index is -0.518. The first kappa shape index (κ1) is 18.3. The summed E-state index contributed by atoms with van der Waals surface area (Å²) in [5, 5.41) is 2.90. The molecule has 0 bridgehead atoms. The van der Waals surface area contributed by atoms with E-state index in [1.165, 1.54) is 6.07 Å². The number of anilines is 1. The average molecular weight is 360 g/mol. The lowest BCUT2D eigenvalue weighted by Gasteiger charge is -2.35. The molecular weight excluding hydrogens is 335 g/mol. The lowest BCUT2D eigenvalue weighted by Crippen LogP contribution is -2.46. The van der Waals surface area contributed by atoms with Crippen LogP contribution in [0, 0.1) is 5.82 Å². The Balaban J connectivity index is 1.67. The predicted molar refractivity (Wildman–Crippen MR) is 98.7 cm³/mol. The van der Waals surface area contributed by atoms with Gasteiger partial charge in [0.1, 0.15) is 17.2 Å². The second-order valence-corrected chi connectivity index (χ2v) is 7.52. The molecule has 140 valence electrons. The maximum absolute atomic E-state index is 14.5. The van der Waals surface area contributed by atoms with Crippen LogP contribution in [0.2, 0.25) is 0 Å². The summed E-state index contributed by atoms with van der Waals surface area (Å²) in [4.78, 5) is 13.9. The van der Waals surface area contributed by atoms with E-state index in [1.807, 2.05) is 37.8 Å². The molecule has 6 heteroatoms. The number of halogens is 1. The molecule has 2 heterocycles. The van der Waals surface area contributed by atoms with Crippen molar-refractivity contribution in [2.45, 2.75) is 45.3 Å². The molecule has 1 N–H and O–H groups in total. The number of ether oxygens (including phenoxy) is 1. The van der Waals surface area contributed by atoms with E-state index in [2.05, 4.69) is 5.32 Å². The molecule has 0 unspecified atom stereocenters. The highest BCUT2D eigenvalue weighted by atomic mass is 19.1. The van der Waals surface area contributed by atoms with E-state index in [4.69, 9.17) is 9.15 Å². The van der Waals surface area contributed by atoms with Crippen molar-refractivity contribution in [1.29, 1.82) is 0 Å². The molecule has 2 aromatic rings. The molecule has 1 aromatic heterocycles. The maximum Gasteiger partial charge on any atom is 0.407 e. The molecule has 0 radical (unpaired) electrons. The van der Waals surface area contributed by atoms with E-state index in [0.29, 0.717) is 24.5 Å². The fraction of sp³-hybridized carbons (Fsp3) is 0.450. The lowest BCUT2D eigenvalue weighted by atomic mass is 10.0. The second kappa shape index (κ2) is 7.40. The van der Waals surface area contributed by atoms with Crippen LogP contribution in [0.1, 0.15) is 33.6 Å². The number of benzene rings is 1. The van der Waals surface area contributed by atoms with E-state index >= 15 is 0 Å². The minimum Gasteiger partial charge on any atom is -0.464 e. The third-order valence-corrected chi connectivity index (χ3v) is 4.31. The summed E-state index contributed by atoms with van der Waals surface area (Å²) in [6, 6.07) is 8.67. The first-order valence-corrected chi connectivity index (χ1v) is 8.90. The topological polar surface area (TPSA) is 54.7 Å². The Morgan fingerprint density at radius 2 is 1.96 bits per heavy atom. The highest BCUT2D eigenvalue weighted by Gasteiger charge is 2.26. The summed E-state index contributed by atoms with van der Waals surface area (Å²) < 4.78 is 25.3. The Morgan fingerprint density at radius 3 is 2.58 bits per heavy atom. The second-order valence-electron chi connectivity index (χ2n) is 7.52. The number of rotatable bonds is 3. The van der Waals surface area contributed by atoms with Crippen LogP contribution in [0.25, 0.3) is 11.3 Å². The van der Waals surface area contributed by atoms with Gasteiger partial charge in [-0.3, -0.25) is 0 Å². The van der Waals surface area contributed by atoms with Crippen LogP contribution in [-0.2, 0) is 4.74 Å². The summed E-state index contributed by atoms with van der Waals surface area (Å²) in [5.74, 6) is 0.381. The Hall–Kier alpha value is -2.50. The average Bonchev–Trinajstić information content (AvgIpc) is 3.08. The smallest absolute Gasteiger partial charge is 0.407 e. The number of hydrogen-bond donors (Lipinski definition) is 1. The van der Waals surface area contributed by atoms with Crippen LogP contribution in [0.4, 0.5) is 14.9 Å². The number of carbonyl (C=O) groups excluding carboxylic acids is 1. The summed E-state index contributed by atoms with van der Waals surface area (Å²) in [7, 11) is 0. The van der Waals surface area contributed by atoms with Crippen molar-refractivity contribution in [2.24, 2.45) is 0 Å². The molecule has 1 fully saturated rings. The van der Waals surface area contributed by atoms with Gasteiger partial charge >= 0.3 is 6.09 Å². The molecule has 1 saturated heterocycles. The molecule has 0 spiro atoms. The first-order chi connectivity index (χ1) is 12.3. The summed E-state index contributed by atoms with van der Waals surface area (Å²) in [5.41, 5.74) is 0.780. The molecule has 26 heavy (non-hydrogen) atoms. The molecule has 5 nitrogen and oxygen atoms in total. The van der Waals surface area contributed by atoms with Crippen molar-refractivity contribution >= 4 is 11.8 Å². The van der Waals surface area contributed by atoms with E-state index in [1.54, 1.807) is 18.4 Å². The molecule has 0 saturated carbocycles.